The zero-order valence-corrected chi connectivity index (χ0v) is 18.7. The van der Waals surface area contributed by atoms with Gasteiger partial charge < -0.3 is 4.74 Å². The van der Waals surface area contributed by atoms with Gasteiger partial charge in [-0.3, -0.25) is 0 Å². The van der Waals surface area contributed by atoms with Crippen LogP contribution < -0.4 is 0 Å². The van der Waals surface area contributed by atoms with Crippen molar-refractivity contribution in [1.29, 1.82) is 0 Å². The van der Waals surface area contributed by atoms with Crippen LogP contribution >= 0.6 is 0 Å². The molecule has 1 aromatic heterocycles. The second kappa shape index (κ2) is 11.8. The van der Waals surface area contributed by atoms with E-state index in [9.17, 15) is 39.9 Å². The smallest absolute Gasteiger partial charge is 0.381 e. The Balaban J connectivity index is 1.97. The second-order valence-corrected chi connectivity index (χ2v) is 7.94. The molecule has 0 spiro atoms. The number of halogens is 8. The van der Waals surface area contributed by atoms with Gasteiger partial charge in [0, 0.05) is 18.0 Å². The van der Waals surface area contributed by atoms with Crippen LogP contribution in [-0.2, 0) is 11.2 Å². The van der Waals surface area contributed by atoms with Crippen LogP contribution in [0.4, 0.5) is 35.1 Å². The van der Waals surface area contributed by atoms with Gasteiger partial charge in [0.15, 0.2) is 12.4 Å². The maximum Gasteiger partial charge on any atom is 0.381 e. The number of carbonyl (C=O) groups excluding carboxylic acids is 1. The molecule has 2 aromatic rings. The zero-order valence-electron chi connectivity index (χ0n) is 18.7. The van der Waals surface area contributed by atoms with Crippen LogP contribution in [0, 0.1) is 0 Å². The van der Waals surface area contributed by atoms with Gasteiger partial charge in [0.2, 0.25) is 0 Å². The minimum absolute atomic E-state index is 0.306. The Morgan fingerprint density at radius 1 is 0.914 bits per heavy atom. The van der Waals surface area contributed by atoms with Crippen molar-refractivity contribution < 1.29 is 44.7 Å². The van der Waals surface area contributed by atoms with Crippen LogP contribution in [0.2, 0.25) is 0 Å². The number of nitrogens with zero attached hydrogens (tertiary/aromatic N) is 2. The van der Waals surface area contributed by atoms with Gasteiger partial charge >= 0.3 is 30.2 Å². The van der Waals surface area contributed by atoms with Gasteiger partial charge in [0.05, 0.1) is 5.56 Å². The van der Waals surface area contributed by atoms with Crippen LogP contribution in [0.5, 0.6) is 0 Å². The Morgan fingerprint density at radius 3 is 2.03 bits per heavy atom. The lowest BCUT2D eigenvalue weighted by Crippen LogP contribution is -2.59. The lowest BCUT2D eigenvalue weighted by atomic mass is 10.1. The summed E-state index contributed by atoms with van der Waals surface area (Å²) in [7, 11) is 0. The van der Waals surface area contributed by atoms with Crippen molar-refractivity contribution in [2.24, 2.45) is 0 Å². The molecule has 4 nitrogen and oxygen atoms in total. The molecule has 0 saturated carbocycles. The third-order valence-corrected chi connectivity index (χ3v) is 5.19. The second-order valence-electron chi connectivity index (χ2n) is 7.94. The van der Waals surface area contributed by atoms with Crippen molar-refractivity contribution in [3.8, 4) is 11.4 Å². The lowest BCUT2D eigenvalue weighted by molar-refractivity contribution is -0.343. The van der Waals surface area contributed by atoms with Crippen molar-refractivity contribution in [1.82, 2.24) is 9.97 Å². The van der Waals surface area contributed by atoms with E-state index in [0.717, 1.165) is 49.8 Å². The van der Waals surface area contributed by atoms with E-state index >= 15 is 0 Å². The summed E-state index contributed by atoms with van der Waals surface area (Å²) in [5, 5.41) is 0. The Morgan fingerprint density at radius 2 is 1.49 bits per heavy atom. The Kier molecular flexibility index (Phi) is 9.56. The molecule has 1 heterocycles. The third kappa shape index (κ3) is 6.88. The van der Waals surface area contributed by atoms with Gasteiger partial charge in [-0.25, -0.2) is 23.5 Å². The van der Waals surface area contributed by atoms with Crippen LogP contribution in [0.3, 0.4) is 0 Å². The molecule has 0 saturated heterocycles. The van der Waals surface area contributed by atoms with E-state index < -0.39 is 36.8 Å². The minimum Gasteiger partial charge on any atom is -0.455 e. The van der Waals surface area contributed by atoms with E-state index in [1.807, 2.05) is 0 Å². The topological polar surface area (TPSA) is 52.1 Å². The van der Waals surface area contributed by atoms with Gasteiger partial charge in [0.25, 0.3) is 0 Å². The number of rotatable bonds is 13. The van der Waals surface area contributed by atoms with E-state index in [0.29, 0.717) is 11.4 Å². The molecule has 1 aromatic carbocycles. The summed E-state index contributed by atoms with van der Waals surface area (Å²) in [5.41, 5.74) is 1.03. The Bertz CT molecular complexity index is 951. The van der Waals surface area contributed by atoms with E-state index in [1.165, 1.54) is 18.6 Å². The molecule has 0 aliphatic rings. The number of aromatic nitrogens is 2. The third-order valence-electron chi connectivity index (χ3n) is 5.19. The molecule has 0 aliphatic heterocycles. The van der Waals surface area contributed by atoms with E-state index in [1.54, 1.807) is 12.4 Å². The summed E-state index contributed by atoms with van der Waals surface area (Å²) < 4.78 is 108. The minimum atomic E-state index is -6.45. The number of benzene rings is 1. The van der Waals surface area contributed by atoms with Gasteiger partial charge in [-0.1, -0.05) is 44.7 Å². The molecule has 0 atom stereocenters. The highest BCUT2D eigenvalue weighted by atomic mass is 19.4. The van der Waals surface area contributed by atoms with Crippen LogP contribution in [0.25, 0.3) is 11.4 Å². The molecule has 0 amide bonds. The standard InChI is InChI=1S/C23H24F8N2O2/c1-2-3-4-5-6-7-15-12-32-18(33-13-15)16-8-10-17(11-9-16)19(34)35-14-21(26,27)23(30,31)22(28,29)20(24)25/h8-13,20H,2-7,14H2,1H3. The Hall–Kier alpha value is -2.79. The molecule has 0 N–H and O–H groups in total. The molecule has 35 heavy (non-hydrogen) atoms. The molecule has 0 unspecified atom stereocenters. The highest BCUT2D eigenvalue weighted by Crippen LogP contribution is 2.48. The van der Waals surface area contributed by atoms with Crippen molar-refractivity contribution >= 4 is 5.97 Å². The molecule has 12 heteroatoms. The Labute approximate surface area is 196 Å². The molecule has 0 radical (unpaired) electrons. The summed E-state index contributed by atoms with van der Waals surface area (Å²) in [6, 6.07) is 4.89. The van der Waals surface area contributed by atoms with Crippen LogP contribution in [0.15, 0.2) is 36.7 Å². The summed E-state index contributed by atoms with van der Waals surface area (Å²) in [5.74, 6) is -19.7. The maximum absolute atomic E-state index is 13.5. The molecule has 194 valence electrons. The highest BCUT2D eigenvalue weighted by molar-refractivity contribution is 5.89. The number of carbonyl (C=O) groups is 1. The summed E-state index contributed by atoms with van der Waals surface area (Å²) in [6.45, 7) is -0.392. The first-order valence-corrected chi connectivity index (χ1v) is 10.8. The normalized spacial score (nSPS) is 12.7. The van der Waals surface area contributed by atoms with Gasteiger partial charge in [0.1, 0.15) is 0 Å². The molecule has 2 rings (SSSR count). The van der Waals surface area contributed by atoms with Crippen molar-refractivity contribution in [3.63, 3.8) is 0 Å². The van der Waals surface area contributed by atoms with E-state index in [-0.39, 0.29) is 5.56 Å². The number of hydrogen-bond acceptors (Lipinski definition) is 4. The maximum atomic E-state index is 13.5. The number of ether oxygens (including phenoxy) is 1. The summed E-state index contributed by atoms with van der Waals surface area (Å²) >= 11 is 0. The van der Waals surface area contributed by atoms with Gasteiger partial charge in [-0.2, -0.15) is 26.3 Å². The van der Waals surface area contributed by atoms with Crippen molar-refractivity contribution in [3.05, 3.63) is 47.8 Å². The molecule has 0 aliphatic carbocycles. The average Bonchev–Trinajstić information content (AvgIpc) is 2.82. The van der Waals surface area contributed by atoms with Crippen LogP contribution in [-0.4, -0.2) is 46.7 Å². The summed E-state index contributed by atoms with van der Waals surface area (Å²) in [4.78, 5) is 20.4. The average molecular weight is 512 g/mol. The van der Waals surface area contributed by atoms with Crippen LogP contribution in [0.1, 0.15) is 54.9 Å². The lowest BCUT2D eigenvalue weighted by Gasteiger charge is -2.31. The molecular formula is C23H24F8N2O2. The molecule has 0 bridgehead atoms. The SMILES string of the molecule is CCCCCCCc1cnc(-c2ccc(C(=O)OCC(F)(F)C(F)(F)C(F)(F)C(F)F)cc2)nc1. The van der Waals surface area contributed by atoms with Gasteiger partial charge in [-0.15, -0.1) is 0 Å². The fraction of sp³-hybridized carbons (Fsp3) is 0.522. The van der Waals surface area contributed by atoms with Crippen molar-refractivity contribution in [2.75, 3.05) is 6.61 Å². The fourth-order valence-electron chi connectivity index (χ4n) is 3.03. The number of hydrogen-bond donors (Lipinski definition) is 0. The predicted molar refractivity (Wildman–Crippen MR) is 111 cm³/mol. The summed E-state index contributed by atoms with van der Waals surface area (Å²) in [6.07, 6.45) is 4.68. The van der Waals surface area contributed by atoms with Gasteiger partial charge in [-0.05, 0) is 30.5 Å². The fourth-order valence-corrected chi connectivity index (χ4v) is 3.03. The number of esters is 1. The molecule has 0 fully saturated rings. The van der Waals surface area contributed by atoms with Crippen molar-refractivity contribution in [2.45, 2.75) is 69.6 Å². The first-order chi connectivity index (χ1) is 16.3. The quantitative estimate of drug-likeness (QED) is 0.165. The largest absolute Gasteiger partial charge is 0.455 e. The zero-order chi connectivity index (χ0) is 26.3. The first-order valence-electron chi connectivity index (χ1n) is 10.8. The monoisotopic (exact) mass is 512 g/mol. The number of aryl methyl sites for hydroxylation is 1. The molecular weight excluding hydrogens is 488 g/mol. The first kappa shape index (κ1) is 28.4. The highest BCUT2D eigenvalue weighted by Gasteiger charge is 2.75. The van der Waals surface area contributed by atoms with E-state index in [2.05, 4.69) is 21.6 Å². The number of alkyl halides is 8. The van der Waals surface area contributed by atoms with E-state index in [4.69, 9.17) is 0 Å². The predicted octanol–water partition coefficient (Wildman–Crippen LogP) is 6.98. The number of unbranched alkanes of at least 4 members (excludes halogenated alkanes) is 4.